The van der Waals surface area contributed by atoms with Gasteiger partial charge >= 0.3 is 29.8 Å². The average Bonchev–Trinajstić information content (AvgIpc) is 0.845. The number of anilines is 5. The van der Waals surface area contributed by atoms with E-state index in [1.54, 1.807) is 84.9 Å². The predicted molar refractivity (Wildman–Crippen MR) is 486 cm³/mol. The molecule has 0 spiro atoms. The Hall–Kier alpha value is -7.95. The van der Waals surface area contributed by atoms with Crippen molar-refractivity contribution in [1.29, 1.82) is 0 Å². The Morgan fingerprint density at radius 1 is 0.407 bits per heavy atom. The van der Waals surface area contributed by atoms with Gasteiger partial charge in [-0.2, -0.15) is 0 Å². The van der Waals surface area contributed by atoms with E-state index in [0.717, 1.165) is 127 Å². The number of halogens is 2. The van der Waals surface area contributed by atoms with Crippen molar-refractivity contribution in [3.05, 3.63) is 196 Å². The quantitative estimate of drug-likeness (QED) is 0.00258. The van der Waals surface area contributed by atoms with Crippen molar-refractivity contribution >= 4 is 119 Å². The van der Waals surface area contributed by atoms with Gasteiger partial charge in [-0.05, 0) is 245 Å². The van der Waals surface area contributed by atoms with Crippen LogP contribution < -0.4 is 27.4 Å². The monoisotopic (exact) mass is 1800 g/mol. The van der Waals surface area contributed by atoms with Crippen molar-refractivity contribution < 1.29 is 77.7 Å². The van der Waals surface area contributed by atoms with Crippen LogP contribution in [0.3, 0.4) is 0 Å². The highest BCUT2D eigenvalue weighted by Gasteiger charge is 2.20. The van der Waals surface area contributed by atoms with Crippen LogP contribution in [0.5, 0.6) is 0 Å². The van der Waals surface area contributed by atoms with E-state index in [1.165, 1.54) is 52.3 Å². The van der Waals surface area contributed by atoms with Gasteiger partial charge in [0.2, 0.25) is 0 Å². The zero-order valence-electron chi connectivity index (χ0n) is 69.0. The molecule has 0 aromatic heterocycles. The number of hydrogen-bond acceptors (Lipinski definition) is 21. The third-order valence-electron chi connectivity index (χ3n) is 16.7. The summed E-state index contributed by atoms with van der Waals surface area (Å²) in [5.41, 5.74) is 17.7. The Balaban J connectivity index is -0.000000435. The van der Waals surface area contributed by atoms with E-state index in [2.05, 4.69) is 71.3 Å². The zero-order valence-corrected chi connectivity index (χ0v) is 73.7. The molecule has 5 aromatic rings. The van der Waals surface area contributed by atoms with Crippen LogP contribution in [0.25, 0.3) is 0 Å². The average molecular weight is 1800 g/mol. The minimum absolute atomic E-state index is 0. The summed E-state index contributed by atoms with van der Waals surface area (Å²) in [5, 5.41) is 48.5. The van der Waals surface area contributed by atoms with Gasteiger partial charge in [0.1, 0.15) is 12.6 Å². The summed E-state index contributed by atoms with van der Waals surface area (Å²) in [4.78, 5) is 78.2. The van der Waals surface area contributed by atoms with Crippen LogP contribution in [0.4, 0.5) is 28.4 Å². The molecule has 0 saturated carbocycles. The summed E-state index contributed by atoms with van der Waals surface area (Å²) in [6.07, 6.45) is 29.9. The third kappa shape index (κ3) is 57.7. The first kappa shape index (κ1) is 114. The Morgan fingerprint density at radius 3 is 1.06 bits per heavy atom. The second-order valence-electron chi connectivity index (χ2n) is 29.3. The Labute approximate surface area is 711 Å². The number of allylic oxidation sites excluding steroid dienone is 7. The molecule has 0 aliphatic carbocycles. The smallest absolute Gasteiger partial charge is 0.339 e. The number of unbranched alkanes of at least 4 members (excludes halogenated alkanes) is 2. The fourth-order valence-corrected chi connectivity index (χ4v) is 10.5. The Kier molecular flexibility index (Phi) is 64.7. The van der Waals surface area contributed by atoms with Crippen molar-refractivity contribution in [3.8, 4) is 0 Å². The Morgan fingerprint density at radius 2 is 0.708 bits per heavy atom. The molecular weight excluding hydrogens is 1660 g/mol. The first-order valence-electron chi connectivity index (χ1n) is 37.5. The molecule has 11 N–H and O–H groups in total. The second-order valence-corrected chi connectivity index (χ2v) is 29.3. The summed E-state index contributed by atoms with van der Waals surface area (Å²) in [5.74, 6) is -1.33. The van der Waals surface area contributed by atoms with Gasteiger partial charge in [-0.15, -0.1) is 48.0 Å². The number of rotatable bonds is 39. The van der Waals surface area contributed by atoms with Gasteiger partial charge in [-0.3, -0.25) is 0 Å². The molecule has 0 saturated heterocycles. The van der Waals surface area contributed by atoms with Crippen molar-refractivity contribution in [2.45, 2.75) is 255 Å². The Bertz CT molecular complexity index is 3470. The first-order chi connectivity index (χ1) is 51.4. The number of carbonyl (C=O) groups is 7. The highest BCUT2D eigenvalue weighted by atomic mass is 127. The lowest BCUT2D eigenvalue weighted by molar-refractivity contribution is -0.108. The van der Waals surface area contributed by atoms with Gasteiger partial charge in [0, 0.05) is 24.2 Å². The molecule has 0 heterocycles. The van der Waals surface area contributed by atoms with Crippen molar-refractivity contribution in [2.75, 3.05) is 63.0 Å². The van der Waals surface area contributed by atoms with Crippen LogP contribution in [0.2, 0.25) is 0 Å². The summed E-state index contributed by atoms with van der Waals surface area (Å²) < 4.78 is 23.6. The molecule has 5 rings (SSSR count). The number of nitrogens with one attached hydrogen (secondary N) is 3. The maximum Gasteiger partial charge on any atom is 0.339 e. The normalized spacial score (nSPS) is 11.4. The van der Waals surface area contributed by atoms with Crippen LogP contribution in [-0.4, -0.2) is 127 Å². The molecule has 1 atom stereocenters. The molecule has 0 aliphatic rings. The summed E-state index contributed by atoms with van der Waals surface area (Å²) in [7, 11) is 6.74. The molecule has 113 heavy (non-hydrogen) atoms. The number of carbonyl (C=O) groups excluding carboxylic acids is 7. The molecule has 0 aliphatic heterocycles. The first-order valence-corrected chi connectivity index (χ1v) is 37.5. The maximum absolute atomic E-state index is 12.3. The van der Waals surface area contributed by atoms with E-state index in [9.17, 15) is 54.0 Å². The maximum atomic E-state index is 12.3. The molecule has 1 unspecified atom stereocenters. The topological polar surface area (TPSA) is 335 Å². The van der Waals surface area contributed by atoms with E-state index in [0.29, 0.717) is 75.7 Å². The van der Waals surface area contributed by atoms with Crippen molar-refractivity contribution in [3.63, 3.8) is 0 Å². The number of para-hydroxylation sites is 5. The fraction of sp³-hybridized carbons (Fsp3) is 0.500. The number of hydrogen-bond donors (Lipinski definition) is 9. The minimum atomic E-state index is -0.653. The summed E-state index contributed by atoms with van der Waals surface area (Å²) in [6.45, 7) is 23.2. The van der Waals surface area contributed by atoms with Gasteiger partial charge in [0.25, 0.3) is 0 Å². The zero-order chi connectivity index (χ0) is 82.4. The van der Waals surface area contributed by atoms with Crippen LogP contribution >= 0.6 is 48.0 Å². The molecule has 23 heteroatoms. The number of aliphatic hydroxyl groups is 4. The molecule has 0 fully saturated rings. The molecule has 0 bridgehead atoms. The predicted octanol–water partition coefficient (Wildman–Crippen LogP) is 20.9. The van der Waals surface area contributed by atoms with Gasteiger partial charge in [0.15, 0.2) is 0 Å². The van der Waals surface area contributed by atoms with E-state index < -0.39 is 46.3 Å². The number of nitrogen functional groups attached to an aromatic ring is 2. The lowest BCUT2D eigenvalue weighted by Crippen LogP contribution is -2.30. The highest BCUT2D eigenvalue weighted by molar-refractivity contribution is 14.0. The van der Waals surface area contributed by atoms with Gasteiger partial charge in [-0.1, -0.05) is 143 Å². The number of benzene rings is 5. The molecule has 0 amide bonds. The molecule has 636 valence electrons. The molecule has 0 radical (unpaired) electrons. The van der Waals surface area contributed by atoms with Crippen molar-refractivity contribution in [1.82, 2.24) is 0 Å². The van der Waals surface area contributed by atoms with Crippen LogP contribution in [0.1, 0.15) is 278 Å². The highest BCUT2D eigenvalue weighted by Crippen LogP contribution is 2.26. The van der Waals surface area contributed by atoms with E-state index in [1.807, 2.05) is 104 Å². The van der Waals surface area contributed by atoms with Crippen molar-refractivity contribution in [2.24, 2.45) is 5.92 Å². The van der Waals surface area contributed by atoms with E-state index >= 15 is 0 Å². The van der Waals surface area contributed by atoms with Gasteiger partial charge < -0.3 is 81.1 Å². The molecular formula is C90H141I2N5O16. The fourth-order valence-electron chi connectivity index (χ4n) is 10.5. The third-order valence-corrected chi connectivity index (χ3v) is 16.7. The van der Waals surface area contributed by atoms with E-state index in [-0.39, 0.29) is 74.9 Å². The summed E-state index contributed by atoms with van der Waals surface area (Å²) >= 11 is 0. The van der Waals surface area contributed by atoms with E-state index in [4.69, 9.17) is 25.7 Å². The lowest BCUT2D eigenvalue weighted by atomic mass is 9.94. The molecule has 5 aromatic carbocycles. The van der Waals surface area contributed by atoms with Gasteiger partial charge in [-0.25, -0.2) is 24.0 Å². The van der Waals surface area contributed by atoms with Crippen LogP contribution in [-0.2, 0) is 33.3 Å². The second kappa shape index (κ2) is 64.3. The minimum Gasteiger partial charge on any atom is -0.465 e. The lowest BCUT2D eigenvalue weighted by Gasteiger charge is -2.24. The number of esters is 5. The number of nitrogens with two attached hydrogens (primary N) is 2. The number of methoxy groups -OCH3 is 5. The standard InChI is InChI=1S/C28H38N2O5.C20H29NO3.C12H24O2.C12H22O2.2C8H9NO2.2CH4.2HI/c1-20(13-11-19-28(2,3)33)12-10-18-25(29-23-16-8-6-14-21(23)26(31)34-4)30-24-17-9-7-15-22(24)27(32)35-5;1-16(11-9-14-20(2,3)23)10-7-8-15-21-18-13-6-5-12-17(18)19(22)24-4;2*1-11(7-4-5-10-13)8-6-9-12(2,3)14;2*1-11-8(10)6-4-2-3-5-7(6)9;;;;/h6-9,12,14-17,25,29-30,33H,10-11,13,18-19H2,1-5H3;5-6,8,10,12-13,15,21,23H,7,9,11,14H2,1-4H3;10-11,14H,4-9H2,1-3H3;7,10,14H,4-6,8-9H2,1-3H3;2*2-5H,9H2,1H3;2*1H4;2*1H. The van der Waals surface area contributed by atoms with Crippen LogP contribution in [0.15, 0.2) is 169 Å². The molecule has 21 nitrogen and oxygen atoms in total. The number of ether oxygens (including phenoxy) is 5. The SMILES string of the molecule is C.C.CC(=CCCC=O)CCCC(C)(C)O.CC(CCCC=O)CCCC(C)(C)O.COC(=O)c1ccccc1N.COC(=O)c1ccccc1N.COC(=O)c1ccccc1NC(CCC=C(C)CCCC(C)(C)O)Nc1ccccc1C(=O)OC.COC(=O)c1ccccc1NC=CCC=C(C)CCCC(C)(C)O.I.I. The summed E-state index contributed by atoms with van der Waals surface area (Å²) in [6, 6.07) is 35.2. The van der Waals surface area contributed by atoms with Crippen LogP contribution in [0, 0.1) is 5.92 Å². The largest absolute Gasteiger partial charge is 0.465 e. The number of aldehydes is 2. The van der Waals surface area contributed by atoms with Gasteiger partial charge in [0.05, 0.1) is 109 Å².